The zero-order chi connectivity index (χ0) is 12.3. The molecule has 0 spiro atoms. The van der Waals surface area contributed by atoms with Gasteiger partial charge in [-0.2, -0.15) is 0 Å². The van der Waals surface area contributed by atoms with Crippen LogP contribution in [0.1, 0.15) is 24.4 Å². The zero-order valence-corrected chi connectivity index (χ0v) is 10.9. The summed E-state index contributed by atoms with van der Waals surface area (Å²) in [5.41, 5.74) is 7.07. The monoisotopic (exact) mass is 254 g/mol. The molecule has 2 N–H and O–H groups in total. The van der Waals surface area contributed by atoms with Crippen LogP contribution in [-0.4, -0.2) is 31.6 Å². The number of halogens is 1. The summed E-state index contributed by atoms with van der Waals surface area (Å²) in [6, 6.07) is 6.22. The number of rotatable bonds is 4. The Morgan fingerprint density at radius 2 is 2.12 bits per heavy atom. The highest BCUT2D eigenvalue weighted by Crippen LogP contribution is 2.30. The van der Waals surface area contributed by atoms with Crippen LogP contribution in [0.4, 0.5) is 0 Å². The molecule has 0 aromatic heterocycles. The Labute approximate surface area is 107 Å². The van der Waals surface area contributed by atoms with Crippen molar-refractivity contribution in [1.82, 2.24) is 4.90 Å². The van der Waals surface area contributed by atoms with Gasteiger partial charge in [-0.05, 0) is 43.6 Å². The maximum atomic E-state index is 6.15. The summed E-state index contributed by atoms with van der Waals surface area (Å²) in [4.78, 5) is 2.43. The first-order valence-corrected chi connectivity index (χ1v) is 6.41. The second kappa shape index (κ2) is 5.71. The van der Waals surface area contributed by atoms with E-state index in [-0.39, 0.29) is 6.04 Å². The van der Waals surface area contributed by atoms with Gasteiger partial charge < -0.3 is 10.5 Å². The van der Waals surface area contributed by atoms with Crippen LogP contribution in [0.2, 0.25) is 5.02 Å². The van der Waals surface area contributed by atoms with Crippen molar-refractivity contribution in [3.63, 3.8) is 0 Å². The van der Waals surface area contributed by atoms with Gasteiger partial charge >= 0.3 is 0 Å². The Bertz CT molecular complexity index is 378. The normalized spacial score (nSPS) is 18.3. The van der Waals surface area contributed by atoms with Crippen LogP contribution < -0.4 is 10.5 Å². The topological polar surface area (TPSA) is 38.5 Å². The number of hydrogen-bond donors (Lipinski definition) is 1. The summed E-state index contributed by atoms with van der Waals surface area (Å²) in [6.07, 6.45) is 2.53. The van der Waals surface area contributed by atoms with Gasteiger partial charge in [0, 0.05) is 12.6 Å². The number of methoxy groups -OCH3 is 1. The van der Waals surface area contributed by atoms with Gasteiger partial charge in [0.05, 0.1) is 12.1 Å². The molecule has 94 valence electrons. The molecule has 1 aliphatic rings. The van der Waals surface area contributed by atoms with E-state index in [4.69, 9.17) is 22.1 Å². The van der Waals surface area contributed by atoms with Crippen molar-refractivity contribution >= 4 is 11.6 Å². The molecule has 1 heterocycles. The van der Waals surface area contributed by atoms with E-state index >= 15 is 0 Å². The maximum Gasteiger partial charge on any atom is 0.137 e. The van der Waals surface area contributed by atoms with Crippen LogP contribution in [0.3, 0.4) is 0 Å². The highest BCUT2D eigenvalue weighted by molar-refractivity contribution is 6.32. The maximum absolute atomic E-state index is 6.15. The summed E-state index contributed by atoms with van der Waals surface area (Å²) in [5, 5.41) is 0.655. The fourth-order valence-corrected chi connectivity index (χ4v) is 2.71. The van der Waals surface area contributed by atoms with Crippen molar-refractivity contribution in [2.24, 2.45) is 5.73 Å². The van der Waals surface area contributed by atoms with Crippen LogP contribution in [0, 0.1) is 0 Å². The standard InChI is InChI=1S/C13H19ClN2O/c1-17-13-5-4-10(8-11(13)14)12(9-15)16-6-2-3-7-16/h4-5,8,12H,2-3,6-7,9,15H2,1H3. The lowest BCUT2D eigenvalue weighted by molar-refractivity contribution is 0.251. The average Bonchev–Trinajstić information content (AvgIpc) is 2.84. The molecule has 2 rings (SSSR count). The molecule has 3 nitrogen and oxygen atoms in total. The first-order valence-electron chi connectivity index (χ1n) is 6.04. The number of hydrogen-bond acceptors (Lipinski definition) is 3. The second-order valence-electron chi connectivity index (χ2n) is 4.39. The van der Waals surface area contributed by atoms with Crippen molar-refractivity contribution in [2.75, 3.05) is 26.7 Å². The van der Waals surface area contributed by atoms with Crippen LogP contribution in [0.25, 0.3) is 0 Å². The highest BCUT2D eigenvalue weighted by Gasteiger charge is 2.22. The van der Waals surface area contributed by atoms with Gasteiger partial charge in [-0.1, -0.05) is 17.7 Å². The van der Waals surface area contributed by atoms with E-state index in [0.29, 0.717) is 17.3 Å². The van der Waals surface area contributed by atoms with Gasteiger partial charge in [0.2, 0.25) is 0 Å². The first-order chi connectivity index (χ1) is 8.26. The van der Waals surface area contributed by atoms with E-state index in [2.05, 4.69) is 11.0 Å². The first kappa shape index (κ1) is 12.7. The van der Waals surface area contributed by atoms with E-state index < -0.39 is 0 Å². The predicted octanol–water partition coefficient (Wildman–Crippen LogP) is 2.44. The molecule has 0 bridgehead atoms. The van der Waals surface area contributed by atoms with Gasteiger partial charge in [-0.25, -0.2) is 0 Å². The number of likely N-dealkylation sites (tertiary alicyclic amines) is 1. The van der Waals surface area contributed by atoms with Crippen molar-refractivity contribution < 1.29 is 4.74 Å². The molecule has 0 aliphatic carbocycles. The van der Waals surface area contributed by atoms with E-state index in [0.717, 1.165) is 13.1 Å². The molecule has 1 fully saturated rings. The van der Waals surface area contributed by atoms with Crippen molar-refractivity contribution in [3.05, 3.63) is 28.8 Å². The third kappa shape index (κ3) is 2.73. The fraction of sp³-hybridized carbons (Fsp3) is 0.538. The average molecular weight is 255 g/mol. The summed E-state index contributed by atoms with van der Waals surface area (Å²) >= 11 is 6.15. The number of benzene rings is 1. The van der Waals surface area contributed by atoms with Gasteiger partial charge in [0.25, 0.3) is 0 Å². The minimum Gasteiger partial charge on any atom is -0.495 e. The second-order valence-corrected chi connectivity index (χ2v) is 4.80. The summed E-state index contributed by atoms with van der Waals surface area (Å²) < 4.78 is 5.16. The molecule has 0 saturated carbocycles. The van der Waals surface area contributed by atoms with Crippen LogP contribution in [0.15, 0.2) is 18.2 Å². The SMILES string of the molecule is COc1ccc(C(CN)N2CCCC2)cc1Cl. The smallest absolute Gasteiger partial charge is 0.137 e. The van der Waals surface area contributed by atoms with Crippen LogP contribution in [-0.2, 0) is 0 Å². The third-order valence-corrected chi connectivity index (χ3v) is 3.66. The lowest BCUT2D eigenvalue weighted by Crippen LogP contribution is -2.31. The number of ether oxygens (including phenoxy) is 1. The molecule has 1 saturated heterocycles. The zero-order valence-electron chi connectivity index (χ0n) is 10.2. The molecule has 4 heteroatoms. The highest BCUT2D eigenvalue weighted by atomic mass is 35.5. The van der Waals surface area contributed by atoms with E-state index in [1.807, 2.05) is 12.1 Å². The third-order valence-electron chi connectivity index (χ3n) is 3.37. The Kier molecular flexibility index (Phi) is 4.26. The van der Waals surface area contributed by atoms with Crippen molar-refractivity contribution in [3.8, 4) is 5.75 Å². The van der Waals surface area contributed by atoms with Gasteiger partial charge in [0.1, 0.15) is 5.75 Å². The quantitative estimate of drug-likeness (QED) is 0.897. The Morgan fingerprint density at radius 3 is 2.65 bits per heavy atom. The molecule has 1 atom stereocenters. The predicted molar refractivity (Wildman–Crippen MR) is 70.6 cm³/mol. The summed E-state index contributed by atoms with van der Waals surface area (Å²) in [6.45, 7) is 2.89. The van der Waals surface area contributed by atoms with Gasteiger partial charge in [-0.15, -0.1) is 0 Å². The van der Waals surface area contributed by atoms with Crippen LogP contribution >= 0.6 is 11.6 Å². The lowest BCUT2D eigenvalue weighted by Gasteiger charge is -2.26. The molecule has 0 amide bonds. The minimum atomic E-state index is 0.279. The van der Waals surface area contributed by atoms with Gasteiger partial charge in [0.15, 0.2) is 0 Å². The molecular weight excluding hydrogens is 236 g/mol. The molecule has 1 aromatic rings. The molecule has 1 aliphatic heterocycles. The van der Waals surface area contributed by atoms with Crippen LogP contribution in [0.5, 0.6) is 5.75 Å². The lowest BCUT2D eigenvalue weighted by atomic mass is 10.1. The molecule has 17 heavy (non-hydrogen) atoms. The van der Waals surface area contributed by atoms with Gasteiger partial charge in [-0.3, -0.25) is 4.90 Å². The molecule has 1 unspecified atom stereocenters. The Hall–Kier alpha value is -0.770. The minimum absolute atomic E-state index is 0.279. The Morgan fingerprint density at radius 1 is 1.41 bits per heavy atom. The largest absolute Gasteiger partial charge is 0.495 e. The summed E-state index contributed by atoms with van der Waals surface area (Å²) in [7, 11) is 1.63. The fourth-order valence-electron chi connectivity index (χ4n) is 2.44. The van der Waals surface area contributed by atoms with E-state index in [1.165, 1.54) is 18.4 Å². The summed E-state index contributed by atoms with van der Waals surface area (Å²) in [5.74, 6) is 0.715. The van der Waals surface area contributed by atoms with Crippen molar-refractivity contribution in [1.29, 1.82) is 0 Å². The number of nitrogens with zero attached hydrogens (tertiary/aromatic N) is 1. The molecular formula is C13H19ClN2O. The van der Waals surface area contributed by atoms with E-state index in [1.54, 1.807) is 7.11 Å². The number of nitrogens with two attached hydrogens (primary N) is 1. The molecule has 0 radical (unpaired) electrons. The molecule has 1 aromatic carbocycles. The van der Waals surface area contributed by atoms with Crippen molar-refractivity contribution in [2.45, 2.75) is 18.9 Å². The Balaban J connectivity index is 2.21. The van der Waals surface area contributed by atoms with E-state index in [9.17, 15) is 0 Å².